The van der Waals surface area contributed by atoms with Crippen molar-refractivity contribution in [3.05, 3.63) is 29.8 Å². The minimum Gasteiger partial charge on any atom is -0.497 e. The summed E-state index contributed by atoms with van der Waals surface area (Å²) >= 11 is 0. The van der Waals surface area contributed by atoms with E-state index in [1.165, 1.54) is 0 Å². The van der Waals surface area contributed by atoms with Gasteiger partial charge in [-0.15, -0.1) is 0 Å². The van der Waals surface area contributed by atoms with Gasteiger partial charge < -0.3 is 20.5 Å². The van der Waals surface area contributed by atoms with Gasteiger partial charge in [-0.25, -0.2) is 0 Å². The first-order valence-corrected chi connectivity index (χ1v) is 11.2. The van der Waals surface area contributed by atoms with Gasteiger partial charge in [-0.05, 0) is 43.9 Å². The number of nitrogens with one attached hydrogen (secondary N) is 2. The summed E-state index contributed by atoms with van der Waals surface area (Å²) in [7, 11) is 0.867. The highest BCUT2D eigenvalue weighted by Gasteiger charge is 2.26. The molecule has 0 radical (unpaired) electrons. The fraction of sp³-hybridized carbons (Fsp3) is 0.650. The molecule has 1 aromatic rings. The Morgan fingerprint density at radius 2 is 2.22 bits per heavy atom. The standard InChI is InChI=1S/C20H33N3O3S/c1-4-21-20(23-16-9-7-11-18(13-16)27(25)5-2)22-14-19(24)15-8-6-10-17(12-15)26-3/h6,8,10,12,16,18-19,24H,4-5,7,9,11,13-14H2,1-3H3,(H2,21,22,23). The number of ether oxygens (including phenoxy) is 1. The molecule has 0 amide bonds. The average molecular weight is 396 g/mol. The van der Waals surface area contributed by atoms with E-state index >= 15 is 0 Å². The number of rotatable bonds is 8. The normalized spacial score (nSPS) is 22.7. The van der Waals surface area contributed by atoms with Crippen LogP contribution in [0.1, 0.15) is 51.2 Å². The predicted octanol–water partition coefficient (Wildman–Crippen LogP) is 2.36. The van der Waals surface area contributed by atoms with E-state index in [0.717, 1.165) is 49.3 Å². The molecule has 0 saturated heterocycles. The Morgan fingerprint density at radius 1 is 1.41 bits per heavy atom. The second-order valence-corrected chi connectivity index (χ2v) is 8.82. The fourth-order valence-corrected chi connectivity index (χ4v) is 4.74. The van der Waals surface area contributed by atoms with Crippen LogP contribution in [-0.4, -0.2) is 52.5 Å². The van der Waals surface area contributed by atoms with Crippen LogP contribution in [0.2, 0.25) is 0 Å². The van der Waals surface area contributed by atoms with Crippen LogP contribution in [0.3, 0.4) is 0 Å². The Labute approximate surface area is 165 Å². The lowest BCUT2D eigenvalue weighted by Crippen LogP contribution is -2.46. The van der Waals surface area contributed by atoms with E-state index in [-0.39, 0.29) is 17.8 Å². The third kappa shape index (κ3) is 6.81. The van der Waals surface area contributed by atoms with Gasteiger partial charge in [0.2, 0.25) is 0 Å². The molecule has 2 rings (SSSR count). The molecule has 0 heterocycles. The van der Waals surface area contributed by atoms with E-state index in [0.29, 0.717) is 5.96 Å². The summed E-state index contributed by atoms with van der Waals surface area (Å²) in [6, 6.07) is 7.68. The monoisotopic (exact) mass is 395 g/mol. The molecular formula is C20H33N3O3S. The van der Waals surface area contributed by atoms with Crippen molar-refractivity contribution in [2.45, 2.75) is 56.9 Å². The van der Waals surface area contributed by atoms with Crippen LogP contribution < -0.4 is 15.4 Å². The Balaban J connectivity index is 1.97. The van der Waals surface area contributed by atoms with E-state index < -0.39 is 16.9 Å². The summed E-state index contributed by atoms with van der Waals surface area (Å²) < 4.78 is 17.4. The third-order valence-corrected chi connectivity index (χ3v) is 6.61. The highest BCUT2D eigenvalue weighted by atomic mass is 32.2. The zero-order valence-electron chi connectivity index (χ0n) is 16.6. The summed E-state index contributed by atoms with van der Waals surface area (Å²) in [5, 5.41) is 17.4. The lowest BCUT2D eigenvalue weighted by molar-refractivity contribution is 0.186. The molecule has 3 N–H and O–H groups in total. The summed E-state index contributed by atoms with van der Waals surface area (Å²) in [5.41, 5.74) is 0.782. The molecule has 7 heteroatoms. The summed E-state index contributed by atoms with van der Waals surface area (Å²) in [6.07, 6.45) is 3.40. The first-order valence-electron chi connectivity index (χ1n) is 9.81. The minimum atomic E-state index is -0.744. The van der Waals surface area contributed by atoms with Crippen LogP contribution in [0.4, 0.5) is 0 Å². The van der Waals surface area contributed by atoms with Gasteiger partial charge in [0, 0.05) is 34.4 Å². The molecule has 4 atom stereocenters. The second-order valence-electron chi connectivity index (χ2n) is 6.81. The number of hydrogen-bond donors (Lipinski definition) is 3. The van der Waals surface area contributed by atoms with Crippen molar-refractivity contribution >= 4 is 16.8 Å². The second kappa shape index (κ2) is 11.3. The van der Waals surface area contributed by atoms with E-state index in [2.05, 4.69) is 15.6 Å². The highest BCUT2D eigenvalue weighted by molar-refractivity contribution is 7.85. The highest BCUT2D eigenvalue weighted by Crippen LogP contribution is 2.23. The molecule has 0 aromatic heterocycles. The summed E-state index contributed by atoms with van der Waals surface area (Å²) in [6.45, 7) is 5.02. The van der Waals surface area contributed by atoms with E-state index in [1.54, 1.807) is 7.11 Å². The van der Waals surface area contributed by atoms with Crippen molar-refractivity contribution < 1.29 is 14.1 Å². The molecule has 0 bridgehead atoms. The number of guanidine groups is 1. The molecule has 6 nitrogen and oxygen atoms in total. The Bertz CT molecular complexity index is 639. The van der Waals surface area contributed by atoms with Crippen LogP contribution in [-0.2, 0) is 10.8 Å². The quantitative estimate of drug-likeness (QED) is 0.465. The smallest absolute Gasteiger partial charge is 0.191 e. The van der Waals surface area contributed by atoms with Crippen molar-refractivity contribution in [2.24, 2.45) is 4.99 Å². The van der Waals surface area contributed by atoms with Crippen LogP contribution >= 0.6 is 0 Å². The van der Waals surface area contributed by atoms with E-state index in [4.69, 9.17) is 4.74 Å². The van der Waals surface area contributed by atoms with Gasteiger partial charge in [-0.1, -0.05) is 25.5 Å². The van der Waals surface area contributed by atoms with Gasteiger partial charge in [0.1, 0.15) is 5.75 Å². The lowest BCUT2D eigenvalue weighted by Gasteiger charge is -2.30. The Morgan fingerprint density at radius 3 is 2.93 bits per heavy atom. The molecule has 152 valence electrons. The Hall–Kier alpha value is -1.60. The Kier molecular flexibility index (Phi) is 9.07. The van der Waals surface area contributed by atoms with Crippen LogP contribution in [0.15, 0.2) is 29.3 Å². The fourth-order valence-electron chi connectivity index (χ4n) is 3.40. The maximum atomic E-state index is 12.1. The van der Waals surface area contributed by atoms with Gasteiger partial charge in [0.15, 0.2) is 5.96 Å². The third-order valence-electron chi connectivity index (χ3n) is 4.87. The number of hydrogen-bond acceptors (Lipinski definition) is 4. The molecular weight excluding hydrogens is 362 g/mol. The first kappa shape index (κ1) is 21.7. The molecule has 1 saturated carbocycles. The van der Waals surface area contributed by atoms with Crippen molar-refractivity contribution in [3.8, 4) is 5.75 Å². The van der Waals surface area contributed by atoms with Gasteiger partial charge in [0.25, 0.3) is 0 Å². The molecule has 0 spiro atoms. The van der Waals surface area contributed by atoms with Gasteiger partial charge in [0.05, 0.1) is 19.8 Å². The SMILES string of the molecule is CCNC(=NCC(O)c1cccc(OC)c1)NC1CCCC(S(=O)CC)C1. The maximum absolute atomic E-state index is 12.1. The number of aliphatic hydroxyl groups excluding tert-OH is 1. The van der Waals surface area contributed by atoms with Crippen molar-refractivity contribution in [1.29, 1.82) is 0 Å². The zero-order valence-corrected chi connectivity index (χ0v) is 17.4. The molecule has 27 heavy (non-hydrogen) atoms. The van der Waals surface area contributed by atoms with Gasteiger partial charge in [-0.3, -0.25) is 9.20 Å². The number of methoxy groups -OCH3 is 1. The van der Waals surface area contributed by atoms with Crippen LogP contribution in [0.25, 0.3) is 0 Å². The molecule has 1 aromatic carbocycles. The van der Waals surface area contributed by atoms with Gasteiger partial charge in [-0.2, -0.15) is 0 Å². The van der Waals surface area contributed by atoms with Crippen LogP contribution in [0.5, 0.6) is 5.75 Å². The average Bonchev–Trinajstić information content (AvgIpc) is 2.71. The van der Waals surface area contributed by atoms with E-state index in [9.17, 15) is 9.32 Å². The first-order chi connectivity index (χ1) is 13.1. The molecule has 1 aliphatic carbocycles. The maximum Gasteiger partial charge on any atom is 0.191 e. The molecule has 1 aliphatic rings. The summed E-state index contributed by atoms with van der Waals surface area (Å²) in [4.78, 5) is 4.56. The minimum absolute atomic E-state index is 0.263. The summed E-state index contributed by atoms with van der Waals surface area (Å²) in [5.74, 6) is 2.14. The molecule has 0 aliphatic heterocycles. The number of aliphatic hydroxyl groups is 1. The van der Waals surface area contributed by atoms with Gasteiger partial charge >= 0.3 is 0 Å². The van der Waals surface area contributed by atoms with Crippen molar-refractivity contribution in [1.82, 2.24) is 10.6 Å². The molecule has 4 unspecified atom stereocenters. The van der Waals surface area contributed by atoms with E-state index in [1.807, 2.05) is 38.1 Å². The van der Waals surface area contributed by atoms with Crippen molar-refractivity contribution in [3.63, 3.8) is 0 Å². The largest absolute Gasteiger partial charge is 0.497 e. The van der Waals surface area contributed by atoms with Crippen molar-refractivity contribution in [2.75, 3.05) is 26.0 Å². The topological polar surface area (TPSA) is 83.0 Å². The van der Waals surface area contributed by atoms with Crippen LogP contribution in [0, 0.1) is 0 Å². The predicted molar refractivity (Wildman–Crippen MR) is 112 cm³/mol. The number of aliphatic imine (C=N–C) groups is 1. The number of benzene rings is 1. The number of nitrogens with zero attached hydrogens (tertiary/aromatic N) is 1. The molecule has 1 fully saturated rings. The zero-order chi connectivity index (χ0) is 19.6. The lowest BCUT2D eigenvalue weighted by atomic mass is 9.95.